The van der Waals surface area contributed by atoms with E-state index in [1.54, 1.807) is 0 Å². The van der Waals surface area contributed by atoms with Gasteiger partial charge in [0.25, 0.3) is 0 Å². The average molecular weight is 1080 g/mol. The Labute approximate surface area is 418 Å². The molecule has 344 valence electrons. The Bertz CT molecular complexity index is 3740. The van der Waals surface area contributed by atoms with Crippen LogP contribution in [-0.4, -0.2) is 19.6 Å². The molecule has 0 spiro atoms. The summed E-state index contributed by atoms with van der Waals surface area (Å²) >= 11 is 0. The molecule has 69 heavy (non-hydrogen) atoms. The zero-order valence-electron chi connectivity index (χ0n) is 40.3. The van der Waals surface area contributed by atoms with Crippen LogP contribution in [-0.2, 0) is 37.3 Å². The molecule has 0 saturated heterocycles. The summed E-state index contributed by atoms with van der Waals surface area (Å²) in [4.78, 5) is 10.7. The minimum Gasteiger partial charge on any atom is -0.507 e. The topological polar surface area (TPSA) is 64.1 Å². The van der Waals surface area contributed by atoms with Gasteiger partial charge < -0.3 is 9.52 Å². The number of phenols is 1. The van der Waals surface area contributed by atoms with Gasteiger partial charge in [0, 0.05) is 54.1 Å². The molecule has 3 aromatic heterocycles. The number of nitrogens with zero attached hydrogens (tertiary/aromatic N) is 3. The molecule has 0 aliphatic heterocycles. The Morgan fingerprint density at radius 2 is 1.17 bits per heavy atom. The molecule has 11 aromatic rings. The Morgan fingerprint density at radius 3 is 1.90 bits per heavy atom. The maximum Gasteiger partial charge on any atom is 0.152 e. The number of aromatic nitrogens is 3. The molecule has 0 fully saturated rings. The summed E-state index contributed by atoms with van der Waals surface area (Å²) in [5.74, 6) is 0.903. The number of aromatic hydroxyl groups is 1. The molecule has 8 aromatic carbocycles. The van der Waals surface area contributed by atoms with Crippen LogP contribution in [0.5, 0.6) is 5.75 Å². The van der Waals surface area contributed by atoms with E-state index in [1.165, 1.54) is 5.56 Å². The Balaban J connectivity index is 0.00000553. The van der Waals surface area contributed by atoms with Gasteiger partial charge in [0.15, 0.2) is 5.58 Å². The number of phenolic OH excluding ortho intramolecular Hbond substituents is 1. The van der Waals surface area contributed by atoms with E-state index in [1.807, 2.05) is 12.3 Å². The monoisotopic (exact) mass is 1080 g/mol. The fraction of sp³-hybridized carbons (Fsp3) is 0.175. The van der Waals surface area contributed by atoms with Crippen LogP contribution in [0.4, 0.5) is 0 Å². The van der Waals surface area contributed by atoms with Crippen LogP contribution >= 0.6 is 0 Å². The second-order valence-corrected chi connectivity index (χ2v) is 20.8. The zero-order valence-corrected chi connectivity index (χ0v) is 42.5. The Morgan fingerprint density at radius 1 is 0.536 bits per heavy atom. The number of hydrogen-bond donors (Lipinski definition) is 1. The van der Waals surface area contributed by atoms with E-state index in [0.717, 1.165) is 99.6 Å². The molecule has 0 radical (unpaired) electrons. The minimum atomic E-state index is -0.388. The molecule has 6 heteroatoms. The molecule has 1 N–H and O–H groups in total. The summed E-state index contributed by atoms with van der Waals surface area (Å²) < 4.78 is 8.66. The summed E-state index contributed by atoms with van der Waals surface area (Å²) in [6.07, 6.45) is 1.85. The van der Waals surface area contributed by atoms with E-state index in [-0.39, 0.29) is 43.1 Å². The molecule has 0 amide bonds. The van der Waals surface area contributed by atoms with Crippen molar-refractivity contribution in [2.45, 2.75) is 71.6 Å². The van der Waals surface area contributed by atoms with Gasteiger partial charge in [-0.25, -0.2) is 4.98 Å². The van der Waals surface area contributed by atoms with Crippen molar-refractivity contribution in [3.05, 3.63) is 204 Å². The van der Waals surface area contributed by atoms with Crippen molar-refractivity contribution < 1.29 is 30.6 Å². The maximum absolute atomic E-state index is 12.5. The van der Waals surface area contributed by atoms with Crippen molar-refractivity contribution in [1.29, 1.82) is 0 Å². The molecule has 0 atom stereocenters. The van der Waals surface area contributed by atoms with Gasteiger partial charge in [0.05, 0.1) is 28.5 Å². The number of rotatable bonds is 7. The molecule has 3 heterocycles. The smallest absolute Gasteiger partial charge is 0.152 e. The molecule has 11 rings (SSSR count). The van der Waals surface area contributed by atoms with E-state index >= 15 is 0 Å². The third-order valence-corrected chi connectivity index (χ3v) is 13.8. The van der Waals surface area contributed by atoms with Gasteiger partial charge in [-0.05, 0) is 68.6 Å². The van der Waals surface area contributed by atoms with Crippen molar-refractivity contribution in [2.24, 2.45) is 0 Å². The zero-order chi connectivity index (χ0) is 47.1. The van der Waals surface area contributed by atoms with Crippen molar-refractivity contribution >= 4 is 43.7 Å². The molecule has 0 unspecified atom stereocenters. The van der Waals surface area contributed by atoms with Gasteiger partial charge in [-0.2, -0.15) is 0 Å². The first-order chi connectivity index (χ1) is 32.6. The van der Waals surface area contributed by atoms with Crippen LogP contribution in [0.2, 0.25) is 0 Å². The van der Waals surface area contributed by atoms with Crippen LogP contribution in [0.3, 0.4) is 0 Å². The SMILES string of the molecule is CC(C)(C)c1cc(-c2nc3c(-c4[c-]c(-c5cc6c(cn5)oc5cc7ccccc7cc56)cc(C(C)(C)c5ccccc5)c4)cccc3n2-c2ccccc2-c2ccccc2)c(O)c(C(C)(C)C)c1.[Pt]. The van der Waals surface area contributed by atoms with Gasteiger partial charge in [0.2, 0.25) is 0 Å². The second kappa shape index (κ2) is 17.2. The van der Waals surface area contributed by atoms with E-state index in [0.29, 0.717) is 11.4 Å². The normalized spacial score (nSPS) is 12.3. The van der Waals surface area contributed by atoms with Crippen LogP contribution in [0.25, 0.3) is 94.3 Å². The Hall–Kier alpha value is -7.07. The molecule has 0 saturated carbocycles. The Kier molecular flexibility index (Phi) is 11.4. The predicted molar refractivity (Wildman–Crippen MR) is 282 cm³/mol. The van der Waals surface area contributed by atoms with Crippen molar-refractivity contribution in [3.63, 3.8) is 0 Å². The van der Waals surface area contributed by atoms with E-state index in [9.17, 15) is 5.11 Å². The van der Waals surface area contributed by atoms with E-state index < -0.39 is 0 Å². The number of imidazole rings is 1. The van der Waals surface area contributed by atoms with Crippen LogP contribution < -0.4 is 0 Å². The van der Waals surface area contributed by atoms with Gasteiger partial charge in [-0.15, -0.1) is 29.3 Å². The van der Waals surface area contributed by atoms with Crippen LogP contribution in [0, 0.1) is 6.07 Å². The van der Waals surface area contributed by atoms with Gasteiger partial charge in [-0.1, -0.05) is 194 Å². The summed E-state index contributed by atoms with van der Waals surface area (Å²) in [5.41, 5.74) is 14.0. The number of furan rings is 1. The third-order valence-electron chi connectivity index (χ3n) is 13.8. The number of pyridine rings is 1. The summed E-state index contributed by atoms with van der Waals surface area (Å²) in [5, 5.41) is 16.9. The fourth-order valence-electron chi connectivity index (χ4n) is 9.83. The molecule has 0 aliphatic rings. The number of para-hydroxylation sites is 2. The van der Waals surface area contributed by atoms with Gasteiger partial charge in [-0.3, -0.25) is 9.55 Å². The first-order valence-electron chi connectivity index (χ1n) is 23.5. The molecular weight excluding hydrogens is 1030 g/mol. The van der Waals surface area contributed by atoms with E-state index in [2.05, 4.69) is 230 Å². The van der Waals surface area contributed by atoms with Crippen LogP contribution in [0.15, 0.2) is 180 Å². The molecule has 0 bridgehead atoms. The van der Waals surface area contributed by atoms with Gasteiger partial charge in [0.1, 0.15) is 17.2 Å². The average Bonchev–Trinajstić information content (AvgIpc) is 3.90. The van der Waals surface area contributed by atoms with Crippen molar-refractivity contribution in [3.8, 4) is 56.3 Å². The van der Waals surface area contributed by atoms with Crippen molar-refractivity contribution in [2.75, 3.05) is 0 Å². The summed E-state index contributed by atoms with van der Waals surface area (Å²) in [7, 11) is 0. The first kappa shape index (κ1) is 45.7. The molecule has 5 nitrogen and oxygen atoms in total. The molecule has 0 aliphatic carbocycles. The predicted octanol–water partition coefficient (Wildman–Crippen LogP) is 16.6. The fourth-order valence-corrected chi connectivity index (χ4v) is 9.83. The standard InChI is InChI=1S/C63H54N3O2.Pt/c1-61(2,3)45-35-51(59(67)52(36-45)62(4,5)6)60-65-58-48(27-19-29-55(58)66(60)54-28-18-17-26-47(54)39-20-11-9-12-21-39)42-30-43(32-46(31-42)63(7,8)44-24-13-10-14-25-44)53-37-50-49-33-40-22-15-16-23-41(40)34-56(49)68-57(50)38-64-53;/h9-29,31-38,67H,1-8H3;/q-1;. The summed E-state index contributed by atoms with van der Waals surface area (Å²) in [6, 6.07) is 63.7. The molecular formula is C63H54N3O2Pt-. The quantitative estimate of drug-likeness (QED) is 0.162. The van der Waals surface area contributed by atoms with Gasteiger partial charge >= 0.3 is 0 Å². The second-order valence-electron chi connectivity index (χ2n) is 20.8. The van der Waals surface area contributed by atoms with Crippen molar-refractivity contribution in [1.82, 2.24) is 14.5 Å². The summed E-state index contributed by atoms with van der Waals surface area (Å²) in [6.45, 7) is 17.7. The largest absolute Gasteiger partial charge is 0.507 e. The number of benzene rings is 8. The maximum atomic E-state index is 12.5. The van der Waals surface area contributed by atoms with Crippen LogP contribution in [0.1, 0.15) is 77.6 Å². The number of hydrogen-bond acceptors (Lipinski definition) is 4. The third kappa shape index (κ3) is 8.07. The first-order valence-corrected chi connectivity index (χ1v) is 23.5. The number of fused-ring (bicyclic) bond motifs is 5. The van der Waals surface area contributed by atoms with E-state index in [4.69, 9.17) is 14.4 Å². The minimum absolute atomic E-state index is 0.